The van der Waals surface area contributed by atoms with Crippen LogP contribution in [0.4, 0.5) is 0 Å². The number of rotatable bonds is 4. The molecule has 0 unspecified atom stereocenters. The molecule has 0 saturated carbocycles. The highest BCUT2D eigenvalue weighted by molar-refractivity contribution is 5.83. The van der Waals surface area contributed by atoms with Crippen LogP contribution in [-0.4, -0.2) is 61.2 Å². The minimum Gasteiger partial charge on any atom is -0.391 e. The van der Waals surface area contributed by atoms with Crippen molar-refractivity contribution in [3.05, 3.63) is 0 Å². The third-order valence-corrected chi connectivity index (χ3v) is 3.26. The molecule has 1 aliphatic rings. The van der Waals surface area contributed by atoms with Crippen molar-refractivity contribution < 1.29 is 9.90 Å². The highest BCUT2D eigenvalue weighted by Gasteiger charge is 2.28. The Morgan fingerprint density at radius 1 is 1.53 bits per heavy atom. The van der Waals surface area contributed by atoms with E-state index in [-0.39, 0.29) is 12.0 Å². The molecule has 1 amide bonds. The Labute approximate surface area is 115 Å². The molecule has 0 spiro atoms. The van der Waals surface area contributed by atoms with Crippen LogP contribution in [0.3, 0.4) is 0 Å². The summed E-state index contributed by atoms with van der Waals surface area (Å²) in [4.78, 5) is 18.3. The number of aliphatic hydroxyl groups excluding tert-OH is 1. The molecule has 6 heteroatoms. The second kappa shape index (κ2) is 6.75. The number of amides is 1. The van der Waals surface area contributed by atoms with Crippen molar-refractivity contribution in [3.63, 3.8) is 0 Å². The molecule has 1 aliphatic heterocycles. The molecule has 6 nitrogen and oxygen atoms in total. The maximum Gasteiger partial charge on any atom is 0.227 e. The highest BCUT2D eigenvalue weighted by atomic mass is 16.3. The van der Waals surface area contributed by atoms with E-state index in [1.54, 1.807) is 7.05 Å². The first-order valence-corrected chi connectivity index (χ1v) is 6.84. The van der Waals surface area contributed by atoms with Crippen molar-refractivity contribution in [3.8, 4) is 0 Å². The Bertz CT molecular complexity index is 342. The second-order valence-electron chi connectivity index (χ2n) is 5.52. The zero-order valence-corrected chi connectivity index (χ0v) is 12.4. The predicted octanol–water partition coefficient (Wildman–Crippen LogP) is -0.209. The molecule has 0 bridgehead atoms. The number of aliphatic imine (C=N–C) groups is 1. The van der Waals surface area contributed by atoms with Gasteiger partial charge in [0.2, 0.25) is 5.91 Å². The quantitative estimate of drug-likeness (QED) is 0.488. The monoisotopic (exact) mass is 270 g/mol. The maximum absolute atomic E-state index is 11.7. The summed E-state index contributed by atoms with van der Waals surface area (Å²) in [6.45, 7) is 8.34. The Morgan fingerprint density at radius 2 is 2.21 bits per heavy atom. The van der Waals surface area contributed by atoms with Gasteiger partial charge in [-0.2, -0.15) is 0 Å². The molecule has 1 saturated heterocycles. The number of likely N-dealkylation sites (tertiary alicyclic amines) is 1. The van der Waals surface area contributed by atoms with Crippen LogP contribution in [0.15, 0.2) is 4.99 Å². The van der Waals surface area contributed by atoms with Gasteiger partial charge in [0.25, 0.3) is 0 Å². The number of aliphatic hydroxyl groups is 1. The third-order valence-electron chi connectivity index (χ3n) is 3.26. The standard InChI is InChI=1S/C13H26N4O2/c1-5-15-12(17-7-6-10(18)8-17)16-9-13(2,3)11(19)14-4/h10,18H,5-9H2,1-4H3,(H,14,19)(H,15,16)/t10-/m1/s1. The number of carbonyl (C=O) groups excluding carboxylic acids is 1. The summed E-state index contributed by atoms with van der Waals surface area (Å²) in [5.74, 6) is 0.754. The van der Waals surface area contributed by atoms with E-state index < -0.39 is 5.41 Å². The number of hydrogen-bond acceptors (Lipinski definition) is 3. The van der Waals surface area contributed by atoms with Gasteiger partial charge in [0.05, 0.1) is 18.1 Å². The average Bonchev–Trinajstić information content (AvgIpc) is 2.79. The fraction of sp³-hybridized carbons (Fsp3) is 0.846. The zero-order chi connectivity index (χ0) is 14.5. The summed E-state index contributed by atoms with van der Waals surface area (Å²) in [5, 5.41) is 15.4. The van der Waals surface area contributed by atoms with Crippen LogP contribution in [0, 0.1) is 5.41 Å². The first kappa shape index (κ1) is 15.8. The molecule has 0 radical (unpaired) electrons. The molecule has 1 atom stereocenters. The van der Waals surface area contributed by atoms with E-state index in [1.807, 2.05) is 25.7 Å². The summed E-state index contributed by atoms with van der Waals surface area (Å²) in [5.41, 5.74) is -0.534. The molecule has 0 aliphatic carbocycles. The number of β-amino-alcohol motifs (C(OH)–C–C–N with tert-alkyl or cyclic N) is 1. The van der Waals surface area contributed by atoms with Gasteiger partial charge in [0.15, 0.2) is 5.96 Å². The molecular weight excluding hydrogens is 244 g/mol. The fourth-order valence-electron chi connectivity index (χ4n) is 2.04. The lowest BCUT2D eigenvalue weighted by atomic mass is 9.93. The molecule has 0 aromatic rings. The minimum atomic E-state index is -0.534. The summed E-state index contributed by atoms with van der Waals surface area (Å²) in [7, 11) is 1.63. The number of hydrogen-bond donors (Lipinski definition) is 3. The molecular formula is C13H26N4O2. The Balaban J connectivity index is 2.70. The van der Waals surface area contributed by atoms with Crippen molar-refractivity contribution >= 4 is 11.9 Å². The zero-order valence-electron chi connectivity index (χ0n) is 12.4. The van der Waals surface area contributed by atoms with E-state index in [4.69, 9.17) is 0 Å². The lowest BCUT2D eigenvalue weighted by molar-refractivity contribution is -0.128. The van der Waals surface area contributed by atoms with Gasteiger partial charge < -0.3 is 20.6 Å². The highest BCUT2D eigenvalue weighted by Crippen LogP contribution is 2.16. The molecule has 19 heavy (non-hydrogen) atoms. The molecule has 1 heterocycles. The van der Waals surface area contributed by atoms with Crippen molar-refractivity contribution in [1.29, 1.82) is 0 Å². The van der Waals surface area contributed by atoms with Crippen molar-refractivity contribution in [2.45, 2.75) is 33.3 Å². The number of nitrogens with zero attached hydrogens (tertiary/aromatic N) is 2. The lowest BCUT2D eigenvalue weighted by Gasteiger charge is -2.24. The van der Waals surface area contributed by atoms with Gasteiger partial charge in [0.1, 0.15) is 0 Å². The van der Waals surface area contributed by atoms with Gasteiger partial charge in [-0.15, -0.1) is 0 Å². The predicted molar refractivity (Wildman–Crippen MR) is 76.0 cm³/mol. The van der Waals surface area contributed by atoms with Crippen molar-refractivity contribution in [2.75, 3.05) is 33.2 Å². The smallest absolute Gasteiger partial charge is 0.227 e. The Morgan fingerprint density at radius 3 is 2.68 bits per heavy atom. The van der Waals surface area contributed by atoms with E-state index in [0.717, 1.165) is 25.5 Å². The lowest BCUT2D eigenvalue weighted by Crippen LogP contribution is -2.42. The Hall–Kier alpha value is -1.30. The topological polar surface area (TPSA) is 77.0 Å². The van der Waals surface area contributed by atoms with Crippen molar-refractivity contribution in [1.82, 2.24) is 15.5 Å². The summed E-state index contributed by atoms with van der Waals surface area (Å²) < 4.78 is 0. The van der Waals surface area contributed by atoms with Crippen LogP contribution in [0.25, 0.3) is 0 Å². The third kappa shape index (κ3) is 4.38. The number of guanidine groups is 1. The molecule has 0 aromatic carbocycles. The largest absolute Gasteiger partial charge is 0.391 e. The van der Waals surface area contributed by atoms with E-state index in [0.29, 0.717) is 13.1 Å². The van der Waals surface area contributed by atoms with Gasteiger partial charge in [-0.3, -0.25) is 9.79 Å². The van der Waals surface area contributed by atoms with E-state index in [9.17, 15) is 9.90 Å². The van der Waals surface area contributed by atoms with Crippen LogP contribution >= 0.6 is 0 Å². The summed E-state index contributed by atoms with van der Waals surface area (Å²) in [6.07, 6.45) is 0.485. The van der Waals surface area contributed by atoms with Crippen LogP contribution in [0.2, 0.25) is 0 Å². The number of nitrogens with one attached hydrogen (secondary N) is 2. The maximum atomic E-state index is 11.7. The van der Waals surface area contributed by atoms with E-state index in [2.05, 4.69) is 15.6 Å². The van der Waals surface area contributed by atoms with Gasteiger partial charge in [-0.25, -0.2) is 0 Å². The average molecular weight is 270 g/mol. The molecule has 1 fully saturated rings. The van der Waals surface area contributed by atoms with Gasteiger partial charge >= 0.3 is 0 Å². The summed E-state index contributed by atoms with van der Waals surface area (Å²) in [6, 6.07) is 0. The first-order valence-electron chi connectivity index (χ1n) is 6.84. The summed E-state index contributed by atoms with van der Waals surface area (Å²) >= 11 is 0. The molecule has 3 N–H and O–H groups in total. The molecule has 110 valence electrons. The SMILES string of the molecule is CCNC(=NCC(C)(C)C(=O)NC)N1CC[C@@H](O)C1. The van der Waals surface area contributed by atoms with Crippen LogP contribution in [-0.2, 0) is 4.79 Å². The minimum absolute atomic E-state index is 0.0199. The van der Waals surface area contributed by atoms with Gasteiger partial charge in [-0.05, 0) is 27.2 Å². The van der Waals surface area contributed by atoms with Crippen molar-refractivity contribution in [2.24, 2.45) is 10.4 Å². The molecule has 0 aromatic heterocycles. The number of carbonyl (C=O) groups is 1. The Kier molecular flexibility index (Phi) is 5.60. The van der Waals surface area contributed by atoms with Gasteiger partial charge in [0, 0.05) is 26.7 Å². The van der Waals surface area contributed by atoms with Crippen LogP contribution in [0.1, 0.15) is 27.2 Å². The van der Waals surface area contributed by atoms with E-state index in [1.165, 1.54) is 0 Å². The van der Waals surface area contributed by atoms with Gasteiger partial charge in [-0.1, -0.05) is 0 Å². The van der Waals surface area contributed by atoms with Crippen LogP contribution in [0.5, 0.6) is 0 Å². The van der Waals surface area contributed by atoms with Crippen LogP contribution < -0.4 is 10.6 Å². The van der Waals surface area contributed by atoms with E-state index >= 15 is 0 Å². The first-order chi connectivity index (χ1) is 8.90. The molecule has 1 rings (SSSR count). The second-order valence-corrected chi connectivity index (χ2v) is 5.52. The normalized spacial score (nSPS) is 20.6. The fourth-order valence-corrected chi connectivity index (χ4v) is 2.04.